The number of rotatable bonds is 5. The fourth-order valence-electron chi connectivity index (χ4n) is 1.36. The molecule has 2 aromatic heterocycles. The van der Waals surface area contributed by atoms with Crippen LogP contribution < -0.4 is 10.1 Å². The number of aryl methyl sites for hydroxylation is 1. The van der Waals surface area contributed by atoms with E-state index in [9.17, 15) is 0 Å². The molecule has 0 spiro atoms. The van der Waals surface area contributed by atoms with Gasteiger partial charge in [0.2, 0.25) is 5.88 Å². The Morgan fingerprint density at radius 3 is 3.00 bits per heavy atom. The average Bonchev–Trinajstić information content (AvgIpc) is 2.79. The summed E-state index contributed by atoms with van der Waals surface area (Å²) in [4.78, 5) is 8.41. The maximum absolute atomic E-state index is 5.34. The molecule has 0 fully saturated rings. The van der Waals surface area contributed by atoms with E-state index < -0.39 is 0 Å². The standard InChI is InChI=1S/C11H14N4O2/c1-3-16-11-6-10(14-8(2)15-11)12-7-9-4-5-13-17-9/h4-6H,3,7H2,1-2H3,(H,12,14,15). The van der Waals surface area contributed by atoms with Gasteiger partial charge in [0.15, 0.2) is 5.76 Å². The first kappa shape index (κ1) is 11.4. The maximum Gasteiger partial charge on any atom is 0.218 e. The molecular formula is C11H14N4O2. The number of aromatic nitrogens is 3. The van der Waals surface area contributed by atoms with E-state index in [-0.39, 0.29) is 0 Å². The lowest BCUT2D eigenvalue weighted by Gasteiger charge is -2.07. The molecule has 6 heteroatoms. The predicted molar refractivity (Wildman–Crippen MR) is 61.8 cm³/mol. The van der Waals surface area contributed by atoms with Crippen LogP contribution in [-0.4, -0.2) is 21.7 Å². The van der Waals surface area contributed by atoms with E-state index >= 15 is 0 Å². The Morgan fingerprint density at radius 1 is 1.41 bits per heavy atom. The van der Waals surface area contributed by atoms with Gasteiger partial charge in [-0.25, -0.2) is 4.98 Å². The highest BCUT2D eigenvalue weighted by atomic mass is 16.5. The SMILES string of the molecule is CCOc1cc(NCc2ccno2)nc(C)n1. The first-order valence-corrected chi connectivity index (χ1v) is 5.40. The van der Waals surface area contributed by atoms with Crippen molar-refractivity contribution in [1.82, 2.24) is 15.1 Å². The summed E-state index contributed by atoms with van der Waals surface area (Å²) in [5, 5.41) is 6.75. The number of anilines is 1. The van der Waals surface area contributed by atoms with Crippen molar-refractivity contribution in [2.24, 2.45) is 0 Å². The van der Waals surface area contributed by atoms with Gasteiger partial charge in [0.1, 0.15) is 11.6 Å². The largest absolute Gasteiger partial charge is 0.478 e. The predicted octanol–water partition coefficient (Wildman–Crippen LogP) is 1.78. The lowest BCUT2D eigenvalue weighted by molar-refractivity contribution is 0.325. The van der Waals surface area contributed by atoms with Gasteiger partial charge in [-0.15, -0.1) is 0 Å². The minimum absolute atomic E-state index is 0.530. The van der Waals surface area contributed by atoms with Gasteiger partial charge in [-0.05, 0) is 13.8 Å². The zero-order valence-corrected chi connectivity index (χ0v) is 9.80. The summed E-state index contributed by atoms with van der Waals surface area (Å²) in [6.45, 7) is 4.85. The molecule has 0 saturated heterocycles. The third-order valence-electron chi connectivity index (χ3n) is 2.04. The molecule has 0 aromatic carbocycles. The van der Waals surface area contributed by atoms with Crippen LogP contribution in [0.15, 0.2) is 22.9 Å². The Labute approximate surface area is 99.0 Å². The Balaban J connectivity index is 2.04. The quantitative estimate of drug-likeness (QED) is 0.850. The van der Waals surface area contributed by atoms with Crippen molar-refractivity contribution in [2.75, 3.05) is 11.9 Å². The number of ether oxygens (including phenoxy) is 1. The second-order valence-corrected chi connectivity index (χ2v) is 3.40. The lowest BCUT2D eigenvalue weighted by atomic mass is 10.4. The van der Waals surface area contributed by atoms with Crippen LogP contribution in [-0.2, 0) is 6.54 Å². The van der Waals surface area contributed by atoms with Crippen molar-refractivity contribution in [2.45, 2.75) is 20.4 Å². The molecule has 0 aliphatic heterocycles. The molecule has 0 radical (unpaired) electrons. The molecule has 90 valence electrons. The van der Waals surface area contributed by atoms with Crippen LogP contribution in [0.2, 0.25) is 0 Å². The van der Waals surface area contributed by atoms with Gasteiger partial charge in [-0.3, -0.25) is 0 Å². The summed E-state index contributed by atoms with van der Waals surface area (Å²) in [5.41, 5.74) is 0. The van der Waals surface area contributed by atoms with Gasteiger partial charge in [0.25, 0.3) is 0 Å². The van der Waals surface area contributed by atoms with E-state index in [0.29, 0.717) is 30.7 Å². The van der Waals surface area contributed by atoms with Gasteiger partial charge in [0.05, 0.1) is 19.3 Å². The van der Waals surface area contributed by atoms with Gasteiger partial charge in [-0.2, -0.15) is 4.98 Å². The van der Waals surface area contributed by atoms with Gasteiger partial charge in [0, 0.05) is 12.1 Å². The average molecular weight is 234 g/mol. The van der Waals surface area contributed by atoms with E-state index in [0.717, 1.165) is 5.76 Å². The van der Waals surface area contributed by atoms with Gasteiger partial charge >= 0.3 is 0 Å². The lowest BCUT2D eigenvalue weighted by Crippen LogP contribution is -2.04. The van der Waals surface area contributed by atoms with E-state index in [1.165, 1.54) is 0 Å². The van der Waals surface area contributed by atoms with Crippen molar-refractivity contribution in [3.05, 3.63) is 29.9 Å². The zero-order chi connectivity index (χ0) is 12.1. The third-order valence-corrected chi connectivity index (χ3v) is 2.04. The first-order valence-electron chi connectivity index (χ1n) is 5.40. The number of hydrogen-bond acceptors (Lipinski definition) is 6. The molecule has 6 nitrogen and oxygen atoms in total. The van der Waals surface area contributed by atoms with Crippen LogP contribution in [0.1, 0.15) is 18.5 Å². The molecular weight excluding hydrogens is 220 g/mol. The molecule has 0 atom stereocenters. The Kier molecular flexibility index (Phi) is 3.54. The summed E-state index contributed by atoms with van der Waals surface area (Å²) in [5.74, 6) is 2.69. The highest BCUT2D eigenvalue weighted by molar-refractivity contribution is 5.38. The molecule has 2 rings (SSSR count). The summed E-state index contributed by atoms with van der Waals surface area (Å²) in [6.07, 6.45) is 1.61. The van der Waals surface area contributed by atoms with Crippen LogP contribution in [0.5, 0.6) is 5.88 Å². The molecule has 0 bridgehead atoms. The van der Waals surface area contributed by atoms with E-state index in [1.54, 1.807) is 18.3 Å². The fourth-order valence-corrected chi connectivity index (χ4v) is 1.36. The van der Waals surface area contributed by atoms with Crippen LogP contribution in [0.3, 0.4) is 0 Å². The minimum Gasteiger partial charge on any atom is -0.478 e. The third kappa shape index (κ3) is 3.17. The summed E-state index contributed by atoms with van der Waals surface area (Å²) >= 11 is 0. The molecule has 0 amide bonds. The number of nitrogens with zero attached hydrogens (tertiary/aromatic N) is 3. The number of hydrogen-bond donors (Lipinski definition) is 1. The Bertz CT molecular complexity index is 470. The summed E-state index contributed by atoms with van der Waals surface area (Å²) < 4.78 is 10.3. The Morgan fingerprint density at radius 2 is 2.29 bits per heavy atom. The molecule has 1 N–H and O–H groups in total. The van der Waals surface area contributed by atoms with E-state index in [1.807, 2.05) is 13.8 Å². The van der Waals surface area contributed by atoms with Crippen molar-refractivity contribution in [3.63, 3.8) is 0 Å². The van der Waals surface area contributed by atoms with E-state index in [4.69, 9.17) is 9.26 Å². The van der Waals surface area contributed by atoms with Crippen molar-refractivity contribution in [3.8, 4) is 5.88 Å². The molecule has 0 aliphatic carbocycles. The normalized spacial score (nSPS) is 10.2. The molecule has 17 heavy (non-hydrogen) atoms. The fraction of sp³-hybridized carbons (Fsp3) is 0.364. The molecule has 0 unspecified atom stereocenters. The van der Waals surface area contributed by atoms with Crippen LogP contribution >= 0.6 is 0 Å². The summed E-state index contributed by atoms with van der Waals surface area (Å²) in [6, 6.07) is 3.55. The van der Waals surface area contributed by atoms with Crippen LogP contribution in [0.25, 0.3) is 0 Å². The second-order valence-electron chi connectivity index (χ2n) is 3.40. The smallest absolute Gasteiger partial charge is 0.218 e. The zero-order valence-electron chi connectivity index (χ0n) is 9.80. The molecule has 2 aromatic rings. The molecule has 0 saturated carbocycles. The van der Waals surface area contributed by atoms with Gasteiger partial charge < -0.3 is 14.6 Å². The highest BCUT2D eigenvalue weighted by Gasteiger charge is 2.03. The monoisotopic (exact) mass is 234 g/mol. The van der Waals surface area contributed by atoms with Gasteiger partial charge in [-0.1, -0.05) is 5.16 Å². The first-order chi connectivity index (χ1) is 8.28. The second kappa shape index (κ2) is 5.29. The molecule has 0 aliphatic rings. The number of nitrogens with one attached hydrogen (secondary N) is 1. The minimum atomic E-state index is 0.530. The van der Waals surface area contributed by atoms with Crippen LogP contribution in [0, 0.1) is 6.92 Å². The van der Waals surface area contributed by atoms with Crippen molar-refractivity contribution >= 4 is 5.82 Å². The molecule has 2 heterocycles. The topological polar surface area (TPSA) is 73.1 Å². The summed E-state index contributed by atoms with van der Waals surface area (Å²) in [7, 11) is 0. The van der Waals surface area contributed by atoms with Crippen LogP contribution in [0.4, 0.5) is 5.82 Å². The Hall–Kier alpha value is -2.11. The van der Waals surface area contributed by atoms with E-state index in [2.05, 4.69) is 20.4 Å². The van der Waals surface area contributed by atoms with Crippen molar-refractivity contribution < 1.29 is 9.26 Å². The maximum atomic E-state index is 5.34. The highest BCUT2D eigenvalue weighted by Crippen LogP contribution is 2.14. The van der Waals surface area contributed by atoms with Crippen molar-refractivity contribution in [1.29, 1.82) is 0 Å².